The van der Waals surface area contributed by atoms with E-state index in [2.05, 4.69) is 20.9 Å². The number of rotatable bonds is 3. The Morgan fingerprint density at radius 1 is 1.39 bits per heavy atom. The molecule has 1 aromatic rings. The van der Waals surface area contributed by atoms with Crippen LogP contribution in [-0.2, 0) is 4.74 Å². The zero-order valence-electron chi connectivity index (χ0n) is 10.2. The number of hydrogen-bond acceptors (Lipinski definition) is 3. The maximum absolute atomic E-state index is 5.64. The van der Waals surface area contributed by atoms with Gasteiger partial charge in [0.05, 0.1) is 5.71 Å². The SMILES string of the molecule is NC=CC(=NC1CCCCO1)c1ccccc1Br. The minimum Gasteiger partial charge on any atom is -0.405 e. The number of aliphatic imine (C=N–C) groups is 1. The molecule has 1 aliphatic rings. The molecule has 3 nitrogen and oxygen atoms in total. The van der Waals surface area contributed by atoms with Crippen molar-refractivity contribution in [1.29, 1.82) is 0 Å². The average molecular weight is 309 g/mol. The van der Waals surface area contributed by atoms with Gasteiger partial charge in [-0.1, -0.05) is 34.1 Å². The van der Waals surface area contributed by atoms with Crippen LogP contribution in [0.3, 0.4) is 0 Å². The second-order valence-corrected chi connectivity index (χ2v) is 5.03. The van der Waals surface area contributed by atoms with E-state index in [0.717, 1.165) is 35.2 Å². The summed E-state index contributed by atoms with van der Waals surface area (Å²) in [5.74, 6) is 0. The van der Waals surface area contributed by atoms with E-state index in [9.17, 15) is 0 Å². The van der Waals surface area contributed by atoms with E-state index in [0.29, 0.717) is 0 Å². The molecule has 1 saturated heterocycles. The molecule has 0 amide bonds. The Morgan fingerprint density at radius 3 is 2.89 bits per heavy atom. The number of nitrogens with zero attached hydrogens (tertiary/aromatic N) is 1. The van der Waals surface area contributed by atoms with Crippen molar-refractivity contribution in [2.75, 3.05) is 6.61 Å². The summed E-state index contributed by atoms with van der Waals surface area (Å²) in [6, 6.07) is 7.98. The van der Waals surface area contributed by atoms with E-state index in [-0.39, 0.29) is 6.23 Å². The summed E-state index contributed by atoms with van der Waals surface area (Å²) in [7, 11) is 0. The highest BCUT2D eigenvalue weighted by atomic mass is 79.9. The van der Waals surface area contributed by atoms with E-state index < -0.39 is 0 Å². The predicted molar refractivity (Wildman–Crippen MR) is 77.6 cm³/mol. The molecule has 1 atom stereocenters. The molecule has 1 unspecified atom stereocenters. The van der Waals surface area contributed by atoms with Crippen LogP contribution in [0.1, 0.15) is 24.8 Å². The van der Waals surface area contributed by atoms with Gasteiger partial charge in [0.25, 0.3) is 0 Å². The lowest BCUT2D eigenvalue weighted by Gasteiger charge is -2.20. The van der Waals surface area contributed by atoms with Gasteiger partial charge in [0, 0.05) is 16.6 Å². The van der Waals surface area contributed by atoms with Crippen molar-refractivity contribution in [1.82, 2.24) is 0 Å². The summed E-state index contributed by atoms with van der Waals surface area (Å²) in [5, 5.41) is 0. The van der Waals surface area contributed by atoms with Gasteiger partial charge in [-0.05, 0) is 37.6 Å². The molecule has 0 saturated carbocycles. The van der Waals surface area contributed by atoms with Crippen LogP contribution in [0, 0.1) is 0 Å². The third kappa shape index (κ3) is 3.43. The average Bonchev–Trinajstić information content (AvgIpc) is 2.40. The summed E-state index contributed by atoms with van der Waals surface area (Å²) in [4.78, 5) is 4.65. The molecule has 0 aliphatic carbocycles. The molecule has 0 radical (unpaired) electrons. The highest BCUT2D eigenvalue weighted by Gasteiger charge is 2.14. The van der Waals surface area contributed by atoms with Crippen molar-refractivity contribution in [2.45, 2.75) is 25.5 Å². The summed E-state index contributed by atoms with van der Waals surface area (Å²) in [6.45, 7) is 0.795. The minimum atomic E-state index is -0.0444. The molecule has 18 heavy (non-hydrogen) atoms. The zero-order chi connectivity index (χ0) is 12.8. The van der Waals surface area contributed by atoms with Crippen LogP contribution in [-0.4, -0.2) is 18.5 Å². The molecular formula is C14H17BrN2O. The van der Waals surface area contributed by atoms with E-state index in [1.807, 2.05) is 30.3 Å². The summed E-state index contributed by atoms with van der Waals surface area (Å²) in [5.41, 5.74) is 7.40. The Kier molecular flexibility index (Phi) is 4.96. The second-order valence-electron chi connectivity index (χ2n) is 4.17. The number of nitrogens with two attached hydrogens (primary N) is 1. The lowest BCUT2D eigenvalue weighted by Crippen LogP contribution is -2.18. The Morgan fingerprint density at radius 2 is 2.22 bits per heavy atom. The first kappa shape index (κ1) is 13.3. The number of hydrogen-bond donors (Lipinski definition) is 1. The molecule has 1 fully saturated rings. The number of halogens is 1. The van der Waals surface area contributed by atoms with Gasteiger partial charge >= 0.3 is 0 Å². The van der Waals surface area contributed by atoms with Gasteiger partial charge in [0.15, 0.2) is 0 Å². The molecule has 1 heterocycles. The van der Waals surface area contributed by atoms with Gasteiger partial charge in [0.2, 0.25) is 0 Å². The molecule has 1 aromatic carbocycles. The lowest BCUT2D eigenvalue weighted by atomic mass is 10.1. The van der Waals surface area contributed by atoms with Gasteiger partial charge < -0.3 is 10.5 Å². The molecule has 0 bridgehead atoms. The smallest absolute Gasteiger partial charge is 0.149 e. The van der Waals surface area contributed by atoms with Crippen LogP contribution in [0.25, 0.3) is 0 Å². The Labute approximate surface area is 116 Å². The Hall–Kier alpha value is -1.13. The van der Waals surface area contributed by atoms with E-state index >= 15 is 0 Å². The third-order valence-corrected chi connectivity index (χ3v) is 3.53. The van der Waals surface area contributed by atoms with Crippen molar-refractivity contribution in [3.63, 3.8) is 0 Å². The number of benzene rings is 1. The first-order chi connectivity index (χ1) is 8.81. The Balaban J connectivity index is 2.27. The van der Waals surface area contributed by atoms with Gasteiger partial charge in [0.1, 0.15) is 6.23 Å². The lowest BCUT2D eigenvalue weighted by molar-refractivity contribution is 0.0224. The molecule has 2 rings (SSSR count). The standard InChI is InChI=1S/C14H17BrN2O/c15-12-6-2-1-5-11(12)13(8-9-16)17-14-7-3-4-10-18-14/h1-2,5-6,8-9,14H,3-4,7,10,16H2. The van der Waals surface area contributed by atoms with Crippen LogP contribution in [0.4, 0.5) is 0 Å². The fourth-order valence-corrected chi connectivity index (χ4v) is 2.43. The van der Waals surface area contributed by atoms with E-state index in [1.54, 1.807) is 0 Å². The largest absolute Gasteiger partial charge is 0.405 e. The van der Waals surface area contributed by atoms with Gasteiger partial charge in [-0.15, -0.1) is 0 Å². The molecule has 4 heteroatoms. The fourth-order valence-electron chi connectivity index (χ4n) is 1.94. The quantitative estimate of drug-likeness (QED) is 0.871. The summed E-state index contributed by atoms with van der Waals surface area (Å²) >= 11 is 3.54. The molecule has 1 aliphatic heterocycles. The third-order valence-electron chi connectivity index (χ3n) is 2.84. The van der Waals surface area contributed by atoms with Gasteiger partial charge in [-0.2, -0.15) is 0 Å². The zero-order valence-corrected chi connectivity index (χ0v) is 11.8. The van der Waals surface area contributed by atoms with Crippen LogP contribution in [0.15, 0.2) is 46.0 Å². The highest BCUT2D eigenvalue weighted by molar-refractivity contribution is 9.10. The van der Waals surface area contributed by atoms with Crippen LogP contribution < -0.4 is 5.73 Å². The van der Waals surface area contributed by atoms with Gasteiger partial charge in [-0.3, -0.25) is 4.99 Å². The molecular weight excluding hydrogens is 292 g/mol. The molecule has 0 aromatic heterocycles. The van der Waals surface area contributed by atoms with Crippen LogP contribution in [0.5, 0.6) is 0 Å². The maximum Gasteiger partial charge on any atom is 0.149 e. The van der Waals surface area contributed by atoms with Crippen molar-refractivity contribution < 1.29 is 4.74 Å². The van der Waals surface area contributed by atoms with Crippen LogP contribution >= 0.6 is 15.9 Å². The van der Waals surface area contributed by atoms with E-state index in [4.69, 9.17) is 10.5 Å². The predicted octanol–water partition coefficient (Wildman–Crippen LogP) is 3.24. The molecule has 2 N–H and O–H groups in total. The minimum absolute atomic E-state index is 0.0444. The second kappa shape index (κ2) is 6.71. The maximum atomic E-state index is 5.64. The highest BCUT2D eigenvalue weighted by Crippen LogP contribution is 2.20. The normalized spacial score (nSPS) is 21.4. The molecule has 0 spiro atoms. The Bertz CT molecular complexity index is 451. The first-order valence-electron chi connectivity index (χ1n) is 6.14. The van der Waals surface area contributed by atoms with Crippen molar-refractivity contribution in [3.05, 3.63) is 46.6 Å². The summed E-state index contributed by atoms with van der Waals surface area (Å²) < 4.78 is 6.65. The van der Waals surface area contributed by atoms with Gasteiger partial charge in [-0.25, -0.2) is 0 Å². The van der Waals surface area contributed by atoms with Crippen LogP contribution in [0.2, 0.25) is 0 Å². The topological polar surface area (TPSA) is 47.6 Å². The van der Waals surface area contributed by atoms with Crippen molar-refractivity contribution >= 4 is 21.6 Å². The van der Waals surface area contributed by atoms with Crippen molar-refractivity contribution in [2.24, 2.45) is 10.7 Å². The monoisotopic (exact) mass is 308 g/mol. The summed E-state index contributed by atoms with van der Waals surface area (Å²) in [6.07, 6.45) is 6.57. The van der Waals surface area contributed by atoms with Crippen molar-refractivity contribution in [3.8, 4) is 0 Å². The molecule has 96 valence electrons. The van der Waals surface area contributed by atoms with E-state index in [1.165, 1.54) is 12.6 Å². The first-order valence-corrected chi connectivity index (χ1v) is 6.93. The fraction of sp³-hybridized carbons (Fsp3) is 0.357. The number of allylic oxidation sites excluding steroid dienone is 1. The number of ether oxygens (including phenoxy) is 1.